The lowest BCUT2D eigenvalue weighted by molar-refractivity contribution is -0.141. The Bertz CT molecular complexity index is 369. The Hall–Kier alpha value is -1.85. The van der Waals surface area contributed by atoms with Crippen molar-refractivity contribution in [2.45, 2.75) is 27.2 Å². The summed E-state index contributed by atoms with van der Waals surface area (Å²) in [6.45, 7) is 4.35. The third kappa shape index (κ3) is 4.99. The van der Waals surface area contributed by atoms with E-state index in [1.807, 2.05) is 0 Å². The van der Waals surface area contributed by atoms with E-state index >= 15 is 0 Å². The summed E-state index contributed by atoms with van der Waals surface area (Å²) in [4.78, 5) is 33.7. The Labute approximate surface area is 106 Å². The van der Waals surface area contributed by atoms with Crippen LogP contribution in [-0.4, -0.2) is 32.1 Å². The third-order valence-corrected chi connectivity index (χ3v) is 2.27. The molecule has 0 saturated heterocycles. The van der Waals surface area contributed by atoms with Gasteiger partial charge in [0, 0.05) is 12.8 Å². The summed E-state index contributed by atoms with van der Waals surface area (Å²) in [6, 6.07) is 0. The maximum absolute atomic E-state index is 11.6. The Morgan fingerprint density at radius 2 is 1.61 bits per heavy atom. The molecule has 0 radical (unpaired) electrons. The summed E-state index contributed by atoms with van der Waals surface area (Å²) >= 11 is 0. The van der Waals surface area contributed by atoms with Crippen molar-refractivity contribution in [1.29, 1.82) is 0 Å². The molecule has 0 rings (SSSR count). The molecular formula is C12H18O6. The Kier molecular flexibility index (Phi) is 6.70. The summed E-state index contributed by atoms with van der Waals surface area (Å²) in [5.41, 5.74) is 0.151. The minimum Gasteiger partial charge on any atom is -0.469 e. The maximum Gasteiger partial charge on any atom is 0.337 e. The van der Waals surface area contributed by atoms with E-state index in [2.05, 4.69) is 9.47 Å². The Balaban J connectivity index is 5.16. The molecule has 0 heterocycles. The van der Waals surface area contributed by atoms with Gasteiger partial charge >= 0.3 is 17.9 Å². The van der Waals surface area contributed by atoms with Gasteiger partial charge in [0.15, 0.2) is 0 Å². The SMILES string of the molecule is COC(=O)CC(C)/C(C(=O)OC)=C(/C)OC(C)=O. The molecule has 0 aromatic carbocycles. The van der Waals surface area contributed by atoms with Crippen LogP contribution in [0.2, 0.25) is 0 Å². The highest BCUT2D eigenvalue weighted by atomic mass is 16.5. The lowest BCUT2D eigenvalue weighted by Crippen LogP contribution is -2.19. The molecule has 0 fully saturated rings. The van der Waals surface area contributed by atoms with Crippen LogP contribution in [0.25, 0.3) is 0 Å². The molecule has 0 saturated carbocycles. The van der Waals surface area contributed by atoms with Crippen LogP contribution in [0.5, 0.6) is 0 Å². The molecule has 0 aliphatic rings. The molecular weight excluding hydrogens is 240 g/mol. The fraction of sp³-hybridized carbons (Fsp3) is 0.583. The number of hydrogen-bond acceptors (Lipinski definition) is 6. The first-order valence-corrected chi connectivity index (χ1v) is 5.37. The number of hydrogen-bond donors (Lipinski definition) is 0. The fourth-order valence-corrected chi connectivity index (χ4v) is 1.51. The zero-order valence-electron chi connectivity index (χ0n) is 11.2. The van der Waals surface area contributed by atoms with Crippen LogP contribution in [0, 0.1) is 5.92 Å². The lowest BCUT2D eigenvalue weighted by Gasteiger charge is -2.15. The summed E-state index contributed by atoms with van der Waals surface area (Å²) in [7, 11) is 2.48. The van der Waals surface area contributed by atoms with Crippen molar-refractivity contribution >= 4 is 17.9 Å². The van der Waals surface area contributed by atoms with Crippen molar-refractivity contribution in [3.8, 4) is 0 Å². The second kappa shape index (κ2) is 7.47. The average molecular weight is 258 g/mol. The first-order chi connectivity index (χ1) is 8.33. The van der Waals surface area contributed by atoms with Crippen molar-refractivity contribution in [2.75, 3.05) is 14.2 Å². The molecule has 1 atom stereocenters. The summed E-state index contributed by atoms with van der Waals surface area (Å²) in [5.74, 6) is -1.97. The first kappa shape index (κ1) is 16.1. The van der Waals surface area contributed by atoms with Crippen LogP contribution in [0.15, 0.2) is 11.3 Å². The number of methoxy groups -OCH3 is 2. The zero-order valence-corrected chi connectivity index (χ0v) is 11.2. The molecule has 0 aliphatic carbocycles. The van der Waals surface area contributed by atoms with Gasteiger partial charge < -0.3 is 14.2 Å². The molecule has 0 aromatic rings. The normalized spacial score (nSPS) is 13.2. The smallest absolute Gasteiger partial charge is 0.337 e. The molecule has 0 N–H and O–H groups in total. The van der Waals surface area contributed by atoms with Gasteiger partial charge in [0.05, 0.1) is 26.2 Å². The molecule has 0 bridgehead atoms. The molecule has 0 amide bonds. The van der Waals surface area contributed by atoms with Crippen LogP contribution >= 0.6 is 0 Å². The molecule has 0 aromatic heterocycles. The van der Waals surface area contributed by atoms with Crippen molar-refractivity contribution in [1.82, 2.24) is 0 Å². The van der Waals surface area contributed by atoms with Gasteiger partial charge in [-0.1, -0.05) is 6.92 Å². The molecule has 0 spiro atoms. The molecule has 1 unspecified atom stereocenters. The van der Waals surface area contributed by atoms with Gasteiger partial charge in [-0.3, -0.25) is 9.59 Å². The number of esters is 3. The summed E-state index contributed by atoms with van der Waals surface area (Å²) < 4.78 is 14.0. The van der Waals surface area contributed by atoms with E-state index in [4.69, 9.17) is 4.74 Å². The lowest BCUT2D eigenvalue weighted by atomic mass is 9.96. The van der Waals surface area contributed by atoms with Gasteiger partial charge in [-0.25, -0.2) is 4.79 Å². The third-order valence-electron chi connectivity index (χ3n) is 2.27. The number of carbonyl (C=O) groups is 3. The predicted molar refractivity (Wildman–Crippen MR) is 62.3 cm³/mol. The Morgan fingerprint density at radius 1 is 1.06 bits per heavy atom. The molecule has 6 nitrogen and oxygen atoms in total. The van der Waals surface area contributed by atoms with Gasteiger partial charge in [-0.2, -0.15) is 0 Å². The number of rotatable bonds is 5. The molecule has 0 aliphatic heterocycles. The number of carbonyl (C=O) groups excluding carboxylic acids is 3. The highest BCUT2D eigenvalue weighted by molar-refractivity contribution is 5.90. The zero-order chi connectivity index (χ0) is 14.3. The van der Waals surface area contributed by atoms with Crippen molar-refractivity contribution in [3.05, 3.63) is 11.3 Å². The van der Waals surface area contributed by atoms with Crippen molar-refractivity contribution in [2.24, 2.45) is 5.92 Å². The quantitative estimate of drug-likeness (QED) is 0.319. The first-order valence-electron chi connectivity index (χ1n) is 5.37. The minimum atomic E-state index is -0.634. The topological polar surface area (TPSA) is 78.9 Å². The predicted octanol–water partition coefficient (Wildman–Crippen LogP) is 1.20. The van der Waals surface area contributed by atoms with Crippen LogP contribution in [0.4, 0.5) is 0 Å². The minimum absolute atomic E-state index is 0.000458. The highest BCUT2D eigenvalue weighted by Gasteiger charge is 2.24. The average Bonchev–Trinajstić information content (AvgIpc) is 2.27. The molecule has 6 heteroatoms. The van der Waals surface area contributed by atoms with E-state index in [1.54, 1.807) is 6.92 Å². The van der Waals surface area contributed by atoms with Crippen LogP contribution in [-0.2, 0) is 28.6 Å². The molecule has 18 heavy (non-hydrogen) atoms. The second-order valence-corrected chi connectivity index (χ2v) is 3.74. The fourth-order valence-electron chi connectivity index (χ4n) is 1.51. The van der Waals surface area contributed by atoms with Crippen molar-refractivity contribution in [3.63, 3.8) is 0 Å². The van der Waals surface area contributed by atoms with Gasteiger partial charge in [0.1, 0.15) is 5.76 Å². The van der Waals surface area contributed by atoms with Crippen molar-refractivity contribution < 1.29 is 28.6 Å². The van der Waals surface area contributed by atoms with E-state index in [0.717, 1.165) is 0 Å². The highest BCUT2D eigenvalue weighted by Crippen LogP contribution is 2.21. The van der Waals surface area contributed by atoms with E-state index in [1.165, 1.54) is 28.1 Å². The van der Waals surface area contributed by atoms with E-state index in [9.17, 15) is 14.4 Å². The monoisotopic (exact) mass is 258 g/mol. The van der Waals surface area contributed by atoms with Gasteiger partial charge in [0.25, 0.3) is 0 Å². The van der Waals surface area contributed by atoms with E-state index in [-0.39, 0.29) is 17.8 Å². The standard InChI is InChI=1S/C12H18O6/c1-7(6-10(14)16-4)11(12(15)17-5)8(2)18-9(3)13/h7H,6H2,1-5H3/b11-8+. The number of ether oxygens (including phenoxy) is 3. The Morgan fingerprint density at radius 3 is 2.00 bits per heavy atom. The summed E-state index contributed by atoms with van der Waals surface area (Å²) in [6.07, 6.45) is -0.000458. The molecule has 102 valence electrons. The second-order valence-electron chi connectivity index (χ2n) is 3.74. The largest absolute Gasteiger partial charge is 0.469 e. The maximum atomic E-state index is 11.6. The van der Waals surface area contributed by atoms with Crippen LogP contribution in [0.1, 0.15) is 27.2 Å². The van der Waals surface area contributed by atoms with E-state index in [0.29, 0.717) is 0 Å². The van der Waals surface area contributed by atoms with Crippen LogP contribution < -0.4 is 0 Å². The summed E-state index contributed by atoms with van der Waals surface area (Å²) in [5, 5.41) is 0. The van der Waals surface area contributed by atoms with Gasteiger partial charge in [-0.05, 0) is 6.92 Å². The van der Waals surface area contributed by atoms with E-state index < -0.39 is 23.8 Å². The van der Waals surface area contributed by atoms with Gasteiger partial charge in [-0.15, -0.1) is 0 Å². The number of allylic oxidation sites excluding steroid dienone is 1. The van der Waals surface area contributed by atoms with Crippen LogP contribution in [0.3, 0.4) is 0 Å². The van der Waals surface area contributed by atoms with Gasteiger partial charge in [0.2, 0.25) is 0 Å².